The Kier molecular flexibility index (Phi) is 4.04. The number of nitrogens with zero attached hydrogens (tertiary/aromatic N) is 1. The Morgan fingerprint density at radius 1 is 1.27 bits per heavy atom. The van der Waals surface area contributed by atoms with Gasteiger partial charge in [-0.2, -0.15) is 0 Å². The molecule has 0 amide bonds. The van der Waals surface area contributed by atoms with Crippen LogP contribution in [0.25, 0.3) is 0 Å². The number of hydrogen-bond acceptors (Lipinski definition) is 2. The lowest BCUT2D eigenvalue weighted by Crippen LogP contribution is -2.39. The van der Waals surface area contributed by atoms with Crippen molar-refractivity contribution in [2.75, 3.05) is 20.1 Å². The third-order valence-electron chi connectivity index (χ3n) is 4.43. The van der Waals surface area contributed by atoms with E-state index in [2.05, 4.69) is 24.2 Å². The first kappa shape index (κ1) is 11.4. The predicted molar refractivity (Wildman–Crippen MR) is 65.1 cm³/mol. The molecule has 88 valence electrons. The molecule has 1 saturated carbocycles. The molecule has 1 N–H and O–H groups in total. The Morgan fingerprint density at radius 2 is 2.13 bits per heavy atom. The topological polar surface area (TPSA) is 15.3 Å². The van der Waals surface area contributed by atoms with E-state index in [1.54, 1.807) is 0 Å². The van der Waals surface area contributed by atoms with Crippen LogP contribution in [-0.2, 0) is 0 Å². The number of likely N-dealkylation sites (tertiary alicyclic amines) is 1. The van der Waals surface area contributed by atoms with Crippen molar-refractivity contribution in [3.63, 3.8) is 0 Å². The molecular formula is C13H26N2. The summed E-state index contributed by atoms with van der Waals surface area (Å²) in [5.41, 5.74) is 0. The van der Waals surface area contributed by atoms with Gasteiger partial charge in [0.05, 0.1) is 0 Å². The summed E-state index contributed by atoms with van der Waals surface area (Å²) in [6.07, 6.45) is 8.45. The third kappa shape index (κ3) is 2.94. The lowest BCUT2D eigenvalue weighted by Gasteiger charge is -2.22. The molecule has 3 atom stereocenters. The second-order valence-corrected chi connectivity index (χ2v) is 5.47. The summed E-state index contributed by atoms with van der Waals surface area (Å²) in [5.74, 6) is 1.00. The van der Waals surface area contributed by atoms with Gasteiger partial charge in [0.25, 0.3) is 0 Å². The van der Waals surface area contributed by atoms with Gasteiger partial charge in [0, 0.05) is 18.6 Å². The molecule has 0 aromatic carbocycles. The van der Waals surface area contributed by atoms with Crippen LogP contribution in [0.2, 0.25) is 0 Å². The van der Waals surface area contributed by atoms with Gasteiger partial charge in [-0.15, -0.1) is 0 Å². The molecule has 1 heterocycles. The lowest BCUT2D eigenvalue weighted by molar-refractivity contribution is 0.290. The van der Waals surface area contributed by atoms with Crippen LogP contribution >= 0.6 is 0 Å². The molecule has 0 spiro atoms. The van der Waals surface area contributed by atoms with Crippen LogP contribution < -0.4 is 5.32 Å². The maximum atomic E-state index is 3.78. The second-order valence-electron chi connectivity index (χ2n) is 5.47. The fourth-order valence-corrected chi connectivity index (χ4v) is 3.17. The number of hydrogen-bond donors (Lipinski definition) is 1. The highest BCUT2D eigenvalue weighted by atomic mass is 15.2. The molecule has 2 heteroatoms. The molecule has 3 unspecified atom stereocenters. The summed E-state index contributed by atoms with van der Waals surface area (Å²) in [4.78, 5) is 2.51. The van der Waals surface area contributed by atoms with Gasteiger partial charge in [-0.1, -0.05) is 13.3 Å². The average molecular weight is 210 g/mol. The summed E-state index contributed by atoms with van der Waals surface area (Å²) >= 11 is 0. The maximum Gasteiger partial charge on any atom is 0.0218 e. The van der Waals surface area contributed by atoms with E-state index in [4.69, 9.17) is 0 Å². The molecule has 1 aliphatic heterocycles. The first-order valence-corrected chi connectivity index (χ1v) is 6.73. The Bertz CT molecular complexity index is 193. The smallest absolute Gasteiger partial charge is 0.0218 e. The second kappa shape index (κ2) is 5.31. The molecule has 1 saturated heterocycles. The van der Waals surface area contributed by atoms with Gasteiger partial charge >= 0.3 is 0 Å². The molecule has 1 aliphatic carbocycles. The normalized spacial score (nSPS) is 37.6. The minimum Gasteiger partial charge on any atom is -0.312 e. The van der Waals surface area contributed by atoms with Crippen LogP contribution in [-0.4, -0.2) is 37.1 Å². The highest BCUT2D eigenvalue weighted by Gasteiger charge is 2.25. The van der Waals surface area contributed by atoms with Gasteiger partial charge in [0.15, 0.2) is 0 Å². The molecule has 0 radical (unpaired) electrons. The highest BCUT2D eigenvalue weighted by Crippen LogP contribution is 2.28. The largest absolute Gasteiger partial charge is 0.312 e. The van der Waals surface area contributed by atoms with Crippen molar-refractivity contribution in [3.8, 4) is 0 Å². The Balaban J connectivity index is 1.66. The summed E-state index contributed by atoms with van der Waals surface area (Å²) in [6.45, 7) is 4.85. The number of likely N-dealkylation sites (N-methyl/N-ethyl adjacent to an activating group) is 1. The van der Waals surface area contributed by atoms with E-state index in [1.165, 1.54) is 51.6 Å². The van der Waals surface area contributed by atoms with E-state index in [1.807, 2.05) is 0 Å². The van der Waals surface area contributed by atoms with E-state index in [0.29, 0.717) is 0 Å². The first-order valence-electron chi connectivity index (χ1n) is 6.73. The van der Waals surface area contributed by atoms with Crippen LogP contribution in [0.1, 0.15) is 45.4 Å². The van der Waals surface area contributed by atoms with Crippen LogP contribution in [0.15, 0.2) is 0 Å². The molecule has 0 bridgehead atoms. The molecular weight excluding hydrogens is 184 g/mol. The standard InChI is InChI=1S/C13H26N2/c1-3-11-6-7-12(9-11)14-10-13-5-4-8-15(13)2/h11-14H,3-10H2,1-2H3. The zero-order valence-electron chi connectivity index (χ0n) is 10.3. The van der Waals surface area contributed by atoms with Crippen molar-refractivity contribution >= 4 is 0 Å². The lowest BCUT2D eigenvalue weighted by atomic mass is 10.1. The van der Waals surface area contributed by atoms with E-state index in [9.17, 15) is 0 Å². The Hall–Kier alpha value is -0.0800. The molecule has 15 heavy (non-hydrogen) atoms. The van der Waals surface area contributed by atoms with Crippen molar-refractivity contribution in [2.45, 2.75) is 57.5 Å². The number of rotatable bonds is 4. The molecule has 2 aliphatic rings. The van der Waals surface area contributed by atoms with Gasteiger partial charge < -0.3 is 10.2 Å². The zero-order chi connectivity index (χ0) is 10.7. The van der Waals surface area contributed by atoms with E-state index >= 15 is 0 Å². The Morgan fingerprint density at radius 3 is 2.73 bits per heavy atom. The number of nitrogens with one attached hydrogen (secondary N) is 1. The van der Waals surface area contributed by atoms with Gasteiger partial charge in [-0.05, 0) is 51.6 Å². The predicted octanol–water partition coefficient (Wildman–Crippen LogP) is 2.25. The van der Waals surface area contributed by atoms with Crippen molar-refractivity contribution in [3.05, 3.63) is 0 Å². The van der Waals surface area contributed by atoms with Crippen LogP contribution in [0, 0.1) is 5.92 Å². The monoisotopic (exact) mass is 210 g/mol. The van der Waals surface area contributed by atoms with Crippen LogP contribution in [0.4, 0.5) is 0 Å². The van der Waals surface area contributed by atoms with Crippen LogP contribution in [0.3, 0.4) is 0 Å². The average Bonchev–Trinajstić information content (AvgIpc) is 2.84. The minimum atomic E-state index is 0.811. The van der Waals surface area contributed by atoms with Crippen molar-refractivity contribution in [2.24, 2.45) is 5.92 Å². The summed E-state index contributed by atoms with van der Waals surface area (Å²) in [5, 5.41) is 3.78. The van der Waals surface area contributed by atoms with Gasteiger partial charge in [-0.25, -0.2) is 0 Å². The molecule has 2 nitrogen and oxygen atoms in total. The van der Waals surface area contributed by atoms with Gasteiger partial charge in [-0.3, -0.25) is 0 Å². The van der Waals surface area contributed by atoms with Crippen molar-refractivity contribution in [1.29, 1.82) is 0 Å². The molecule has 2 rings (SSSR count). The van der Waals surface area contributed by atoms with Gasteiger partial charge in [0.2, 0.25) is 0 Å². The fraction of sp³-hybridized carbons (Fsp3) is 1.00. The van der Waals surface area contributed by atoms with Crippen molar-refractivity contribution in [1.82, 2.24) is 10.2 Å². The maximum absolute atomic E-state index is 3.78. The van der Waals surface area contributed by atoms with Crippen molar-refractivity contribution < 1.29 is 0 Å². The molecule has 0 aromatic rings. The summed E-state index contributed by atoms with van der Waals surface area (Å²) in [6, 6.07) is 1.63. The summed E-state index contributed by atoms with van der Waals surface area (Å²) in [7, 11) is 2.27. The SMILES string of the molecule is CCC1CCC(NCC2CCCN2C)C1. The molecule has 0 aromatic heterocycles. The zero-order valence-corrected chi connectivity index (χ0v) is 10.3. The van der Waals surface area contributed by atoms with E-state index < -0.39 is 0 Å². The third-order valence-corrected chi connectivity index (χ3v) is 4.43. The van der Waals surface area contributed by atoms with E-state index in [-0.39, 0.29) is 0 Å². The van der Waals surface area contributed by atoms with Gasteiger partial charge in [0.1, 0.15) is 0 Å². The van der Waals surface area contributed by atoms with Crippen LogP contribution in [0.5, 0.6) is 0 Å². The Labute approximate surface area is 94.4 Å². The molecule has 2 fully saturated rings. The minimum absolute atomic E-state index is 0.811. The summed E-state index contributed by atoms with van der Waals surface area (Å²) < 4.78 is 0. The quantitative estimate of drug-likeness (QED) is 0.765. The first-order chi connectivity index (χ1) is 7.29. The fourth-order valence-electron chi connectivity index (χ4n) is 3.17. The van der Waals surface area contributed by atoms with E-state index in [0.717, 1.165) is 18.0 Å². The highest BCUT2D eigenvalue weighted by molar-refractivity contribution is 4.84.